The Labute approximate surface area is 244 Å². The zero-order chi connectivity index (χ0) is 29.1. The average Bonchev–Trinajstić information content (AvgIpc) is 3.44. The molecule has 0 aliphatic heterocycles. The summed E-state index contributed by atoms with van der Waals surface area (Å²) in [6.45, 7) is 0. The van der Waals surface area contributed by atoms with Crippen LogP contribution < -0.4 is 4.74 Å². The number of aliphatic hydroxyl groups excluding tert-OH is 1. The van der Waals surface area contributed by atoms with E-state index in [-0.39, 0.29) is 54.0 Å². The number of aryl methyl sites for hydroxylation is 1. The molecule has 1 aromatic heterocycles. The second-order valence-electron chi connectivity index (χ2n) is 10.9. The lowest BCUT2D eigenvalue weighted by atomic mass is 9.78. The van der Waals surface area contributed by atoms with Gasteiger partial charge in [0.1, 0.15) is 17.3 Å². The summed E-state index contributed by atoms with van der Waals surface area (Å²) in [5.41, 5.74) is 4.68. The maximum absolute atomic E-state index is 13.5. The van der Waals surface area contributed by atoms with Gasteiger partial charge < -0.3 is 14.4 Å². The molecular weight excluding hydrogens is 528 g/mol. The number of carbonyl (C=O) groups is 2. The van der Waals surface area contributed by atoms with Crippen molar-refractivity contribution in [3.63, 3.8) is 0 Å². The van der Waals surface area contributed by atoms with Crippen LogP contribution in [0.4, 0.5) is 5.69 Å². The molecular formula is C35H32N2O5. The summed E-state index contributed by atoms with van der Waals surface area (Å²) in [5, 5.41) is 15.5. The van der Waals surface area contributed by atoms with Crippen LogP contribution in [0.25, 0.3) is 0 Å². The molecule has 42 heavy (non-hydrogen) atoms. The van der Waals surface area contributed by atoms with E-state index in [1.165, 1.54) is 0 Å². The third-order valence-electron chi connectivity index (χ3n) is 8.18. The Morgan fingerprint density at radius 3 is 2.12 bits per heavy atom. The fourth-order valence-electron chi connectivity index (χ4n) is 6.03. The largest absolute Gasteiger partial charge is 0.511 e. The van der Waals surface area contributed by atoms with Gasteiger partial charge in [-0.05, 0) is 53.6 Å². The molecule has 212 valence electrons. The van der Waals surface area contributed by atoms with Gasteiger partial charge >= 0.3 is 0 Å². The summed E-state index contributed by atoms with van der Waals surface area (Å²) < 4.78 is 10.9. The topological polar surface area (TPSA) is 102 Å². The fourth-order valence-corrected chi connectivity index (χ4v) is 6.03. The van der Waals surface area contributed by atoms with Crippen molar-refractivity contribution < 1.29 is 24.0 Å². The first kappa shape index (κ1) is 27.4. The molecule has 6 rings (SSSR count). The molecule has 1 fully saturated rings. The second kappa shape index (κ2) is 12.0. The van der Waals surface area contributed by atoms with Gasteiger partial charge in [0.15, 0.2) is 11.6 Å². The number of nitrogens with zero attached hydrogens (tertiary/aromatic N) is 2. The van der Waals surface area contributed by atoms with Crippen molar-refractivity contribution in [3.8, 4) is 5.75 Å². The van der Waals surface area contributed by atoms with Gasteiger partial charge in [-0.15, -0.1) is 0 Å². The molecule has 4 aromatic rings. The summed E-state index contributed by atoms with van der Waals surface area (Å²) in [4.78, 5) is 31.5. The molecule has 0 spiro atoms. The maximum Gasteiger partial charge on any atom is 0.168 e. The number of benzene rings is 3. The van der Waals surface area contributed by atoms with Gasteiger partial charge in [-0.1, -0.05) is 65.8 Å². The van der Waals surface area contributed by atoms with Crippen LogP contribution in [0.3, 0.4) is 0 Å². The highest BCUT2D eigenvalue weighted by atomic mass is 16.5. The molecule has 2 atom stereocenters. The number of ketones is 2. The second-order valence-corrected chi connectivity index (χ2v) is 10.9. The van der Waals surface area contributed by atoms with Crippen LogP contribution in [0, 0.1) is 0 Å². The third kappa shape index (κ3) is 5.68. The van der Waals surface area contributed by atoms with Crippen LogP contribution in [-0.2, 0) is 17.6 Å². The Hall–Kier alpha value is -4.78. The molecule has 1 saturated carbocycles. The van der Waals surface area contributed by atoms with E-state index < -0.39 is 0 Å². The Morgan fingerprint density at radius 2 is 1.48 bits per heavy atom. The van der Waals surface area contributed by atoms with E-state index in [1.54, 1.807) is 7.11 Å². The van der Waals surface area contributed by atoms with Crippen molar-refractivity contribution in [1.82, 2.24) is 5.16 Å². The standard InChI is InChI=1S/C35H32N2O5/c1-41-27-14-12-26(13-15-27)36-29-18-24(22-8-4-2-5-9-22)19-31(39)34(29)30(38)17-16-28-35-32(40)20-25(21-33(35)42-37-28)23-10-6-3-7-11-23/h2-15,24-25,38H,16-21H2,1H3/b34-30+,36-29?. The molecule has 1 heterocycles. The number of aliphatic hydroxyl groups is 1. The normalized spacial score (nSPS) is 20.8. The summed E-state index contributed by atoms with van der Waals surface area (Å²) in [5.74, 6) is 1.12. The number of hydrogen-bond donors (Lipinski definition) is 1. The Balaban J connectivity index is 1.26. The summed E-state index contributed by atoms with van der Waals surface area (Å²) in [7, 11) is 1.60. The van der Waals surface area contributed by atoms with E-state index in [0.717, 1.165) is 11.1 Å². The van der Waals surface area contributed by atoms with Crippen molar-refractivity contribution in [1.29, 1.82) is 0 Å². The molecule has 0 radical (unpaired) electrons. The Morgan fingerprint density at radius 1 is 0.857 bits per heavy atom. The molecule has 2 aliphatic rings. The smallest absolute Gasteiger partial charge is 0.168 e. The van der Waals surface area contributed by atoms with Crippen LogP contribution in [-0.4, -0.2) is 34.7 Å². The minimum Gasteiger partial charge on any atom is -0.511 e. The van der Waals surface area contributed by atoms with Crippen molar-refractivity contribution in [3.05, 3.63) is 124 Å². The number of ether oxygens (including phenoxy) is 1. The van der Waals surface area contributed by atoms with Crippen molar-refractivity contribution in [2.75, 3.05) is 7.11 Å². The van der Waals surface area contributed by atoms with Gasteiger partial charge in [0, 0.05) is 32.1 Å². The third-order valence-corrected chi connectivity index (χ3v) is 8.18. The Bertz CT molecular complexity index is 1650. The lowest BCUT2D eigenvalue weighted by Crippen LogP contribution is -2.26. The molecule has 2 aliphatic carbocycles. The zero-order valence-electron chi connectivity index (χ0n) is 23.5. The molecule has 0 bridgehead atoms. The van der Waals surface area contributed by atoms with Crippen LogP contribution >= 0.6 is 0 Å². The summed E-state index contributed by atoms with van der Waals surface area (Å²) in [6, 6.07) is 27.1. The maximum atomic E-state index is 13.5. The first-order valence-corrected chi connectivity index (χ1v) is 14.3. The summed E-state index contributed by atoms with van der Waals surface area (Å²) >= 11 is 0. The predicted molar refractivity (Wildman–Crippen MR) is 160 cm³/mol. The first-order valence-electron chi connectivity index (χ1n) is 14.3. The molecule has 3 aromatic carbocycles. The SMILES string of the molecule is COc1ccc(N=C2CC(c3ccccc3)CC(=O)/C2=C(/O)CCc2noc3c2C(=O)CC(c2ccccc2)C3)cc1. The van der Waals surface area contributed by atoms with E-state index in [4.69, 9.17) is 14.3 Å². The first-order chi connectivity index (χ1) is 20.5. The molecule has 0 amide bonds. The van der Waals surface area contributed by atoms with Crippen molar-refractivity contribution >= 4 is 23.0 Å². The zero-order valence-corrected chi connectivity index (χ0v) is 23.5. The minimum atomic E-state index is -0.149. The number of hydrogen-bond acceptors (Lipinski definition) is 7. The number of carbonyl (C=O) groups excluding carboxylic acids is 2. The average molecular weight is 561 g/mol. The van der Waals surface area contributed by atoms with Crippen LogP contribution in [0.15, 0.2) is 106 Å². The molecule has 1 N–H and O–H groups in total. The van der Waals surface area contributed by atoms with Gasteiger partial charge in [-0.3, -0.25) is 14.6 Å². The van der Waals surface area contributed by atoms with Crippen LogP contribution in [0.1, 0.15) is 70.5 Å². The van der Waals surface area contributed by atoms with Crippen LogP contribution in [0.2, 0.25) is 0 Å². The quantitative estimate of drug-likeness (QED) is 0.189. The Kier molecular flexibility index (Phi) is 7.82. The molecule has 7 heteroatoms. The predicted octanol–water partition coefficient (Wildman–Crippen LogP) is 7.26. The number of allylic oxidation sites excluding steroid dienone is 2. The number of rotatable bonds is 7. The van der Waals surface area contributed by atoms with E-state index in [2.05, 4.69) is 5.16 Å². The lowest BCUT2D eigenvalue weighted by Gasteiger charge is -2.26. The van der Waals surface area contributed by atoms with Crippen LogP contribution in [0.5, 0.6) is 5.75 Å². The number of aromatic nitrogens is 1. The van der Waals surface area contributed by atoms with Gasteiger partial charge in [0.05, 0.1) is 35.3 Å². The number of aliphatic imine (C=N–C) groups is 1. The minimum absolute atomic E-state index is 0.00491. The highest BCUT2D eigenvalue weighted by molar-refractivity contribution is 6.25. The van der Waals surface area contributed by atoms with E-state index in [9.17, 15) is 14.7 Å². The highest BCUT2D eigenvalue weighted by Crippen LogP contribution is 2.37. The van der Waals surface area contributed by atoms with E-state index >= 15 is 0 Å². The van der Waals surface area contributed by atoms with Gasteiger partial charge in [0.2, 0.25) is 0 Å². The monoisotopic (exact) mass is 560 g/mol. The molecule has 7 nitrogen and oxygen atoms in total. The van der Waals surface area contributed by atoms with Crippen molar-refractivity contribution in [2.24, 2.45) is 4.99 Å². The van der Waals surface area contributed by atoms with Crippen molar-refractivity contribution in [2.45, 2.75) is 50.4 Å². The molecule has 0 saturated heterocycles. The van der Waals surface area contributed by atoms with Gasteiger partial charge in [-0.2, -0.15) is 0 Å². The fraction of sp³-hybridized carbons (Fsp3) is 0.257. The molecule has 2 unspecified atom stereocenters. The van der Waals surface area contributed by atoms with E-state index in [1.807, 2.05) is 84.9 Å². The number of methoxy groups -OCH3 is 1. The van der Waals surface area contributed by atoms with Gasteiger partial charge in [-0.25, -0.2) is 0 Å². The summed E-state index contributed by atoms with van der Waals surface area (Å²) in [6.07, 6.45) is 2.21. The van der Waals surface area contributed by atoms with E-state index in [0.29, 0.717) is 53.4 Å². The number of fused-ring (bicyclic) bond motifs is 1. The highest BCUT2D eigenvalue weighted by Gasteiger charge is 2.34. The lowest BCUT2D eigenvalue weighted by molar-refractivity contribution is -0.116. The van der Waals surface area contributed by atoms with Gasteiger partial charge in [0.25, 0.3) is 0 Å². The number of Topliss-reactive ketones (excluding diaryl/α,β-unsaturated/α-hetero) is 2.